The third-order valence-electron chi connectivity index (χ3n) is 2.46. The molecule has 1 rings (SSSR count). The normalized spacial score (nSPS) is 11.0. The molecule has 0 radical (unpaired) electrons. The predicted molar refractivity (Wildman–Crippen MR) is 72.8 cm³/mol. The molecule has 0 aliphatic carbocycles. The number of sulfonamides is 1. The van der Waals surface area contributed by atoms with Gasteiger partial charge < -0.3 is 5.11 Å². The number of hydrogen-bond acceptors (Lipinski definition) is 4. The van der Waals surface area contributed by atoms with E-state index in [2.05, 4.69) is 4.72 Å². The van der Waals surface area contributed by atoms with Crippen molar-refractivity contribution >= 4 is 27.6 Å². The Morgan fingerprint density at radius 1 is 1.40 bits per heavy atom. The zero-order valence-corrected chi connectivity index (χ0v) is 12.0. The Kier molecular flexibility index (Phi) is 5.95. The average molecular weight is 317 g/mol. The number of carboxylic acid groups (broad SMARTS) is 1. The third-order valence-corrected chi connectivity index (χ3v) is 4.40. The van der Waals surface area contributed by atoms with E-state index in [4.69, 9.17) is 22.0 Å². The van der Waals surface area contributed by atoms with Crippen molar-refractivity contribution in [3.8, 4) is 6.07 Å². The van der Waals surface area contributed by atoms with Crippen LogP contribution >= 0.6 is 11.6 Å². The number of carboxylic acids is 1. The van der Waals surface area contributed by atoms with Gasteiger partial charge >= 0.3 is 5.97 Å². The van der Waals surface area contributed by atoms with Gasteiger partial charge in [0.05, 0.1) is 16.7 Å². The van der Waals surface area contributed by atoms with Crippen LogP contribution in [0.1, 0.15) is 24.8 Å². The largest absolute Gasteiger partial charge is 0.481 e. The summed E-state index contributed by atoms with van der Waals surface area (Å²) in [6.45, 7) is 0.131. The smallest absolute Gasteiger partial charge is 0.303 e. The zero-order chi connectivity index (χ0) is 15.2. The van der Waals surface area contributed by atoms with E-state index in [1.807, 2.05) is 6.07 Å². The van der Waals surface area contributed by atoms with Crippen LogP contribution in [-0.2, 0) is 14.8 Å². The van der Waals surface area contributed by atoms with Crippen LogP contribution in [0.4, 0.5) is 0 Å². The van der Waals surface area contributed by atoms with E-state index in [0.29, 0.717) is 12.8 Å². The van der Waals surface area contributed by atoms with Gasteiger partial charge in [-0.05, 0) is 31.0 Å². The molecule has 0 saturated carbocycles. The van der Waals surface area contributed by atoms with E-state index in [9.17, 15) is 13.2 Å². The number of nitrogens with zero attached hydrogens (tertiary/aromatic N) is 1. The fourth-order valence-corrected chi connectivity index (χ4v) is 3.09. The summed E-state index contributed by atoms with van der Waals surface area (Å²) in [5.41, 5.74) is 0.274. The summed E-state index contributed by atoms with van der Waals surface area (Å²) in [6.07, 6.45) is 0.803. The highest BCUT2D eigenvalue weighted by Gasteiger charge is 2.17. The van der Waals surface area contributed by atoms with E-state index >= 15 is 0 Å². The van der Waals surface area contributed by atoms with Crippen molar-refractivity contribution in [2.45, 2.75) is 24.2 Å². The van der Waals surface area contributed by atoms with E-state index in [0.717, 1.165) is 0 Å². The van der Waals surface area contributed by atoms with Gasteiger partial charge in [-0.1, -0.05) is 11.6 Å². The summed E-state index contributed by atoms with van der Waals surface area (Å²) in [5.74, 6) is -0.914. The van der Waals surface area contributed by atoms with Crippen molar-refractivity contribution in [3.05, 3.63) is 28.8 Å². The van der Waals surface area contributed by atoms with Crippen molar-refractivity contribution in [1.82, 2.24) is 4.72 Å². The van der Waals surface area contributed by atoms with Crippen molar-refractivity contribution in [2.75, 3.05) is 6.54 Å². The second kappa shape index (κ2) is 7.24. The monoisotopic (exact) mass is 316 g/mol. The van der Waals surface area contributed by atoms with Gasteiger partial charge in [0.1, 0.15) is 4.90 Å². The van der Waals surface area contributed by atoms with Crippen LogP contribution in [0.2, 0.25) is 5.02 Å². The van der Waals surface area contributed by atoms with Crippen LogP contribution in [0.15, 0.2) is 23.1 Å². The molecule has 0 atom stereocenters. The number of benzene rings is 1. The van der Waals surface area contributed by atoms with E-state index < -0.39 is 16.0 Å². The highest BCUT2D eigenvalue weighted by Crippen LogP contribution is 2.22. The van der Waals surface area contributed by atoms with E-state index in [1.54, 1.807) is 0 Å². The third kappa shape index (κ3) is 4.81. The number of rotatable bonds is 7. The molecule has 8 heteroatoms. The van der Waals surface area contributed by atoms with Crippen LogP contribution in [0.5, 0.6) is 0 Å². The molecule has 20 heavy (non-hydrogen) atoms. The summed E-state index contributed by atoms with van der Waals surface area (Å²) in [4.78, 5) is 10.2. The Morgan fingerprint density at radius 3 is 2.65 bits per heavy atom. The van der Waals surface area contributed by atoms with Crippen LogP contribution in [0.25, 0.3) is 0 Å². The summed E-state index contributed by atoms with van der Waals surface area (Å²) in [6, 6.07) is 5.77. The molecule has 0 aliphatic heterocycles. The molecule has 2 N–H and O–H groups in total. The van der Waals surface area contributed by atoms with Crippen molar-refractivity contribution in [1.29, 1.82) is 5.26 Å². The minimum absolute atomic E-state index is 0.000645. The highest BCUT2D eigenvalue weighted by molar-refractivity contribution is 7.89. The van der Waals surface area contributed by atoms with Gasteiger partial charge in [0.2, 0.25) is 10.0 Å². The molecule has 108 valence electrons. The summed E-state index contributed by atoms with van der Waals surface area (Å²) >= 11 is 5.83. The van der Waals surface area contributed by atoms with Gasteiger partial charge in [0.25, 0.3) is 0 Å². The first-order valence-electron chi connectivity index (χ1n) is 5.78. The van der Waals surface area contributed by atoms with Gasteiger partial charge in [-0.3, -0.25) is 4.79 Å². The molecule has 0 aromatic heterocycles. The lowest BCUT2D eigenvalue weighted by Crippen LogP contribution is -2.25. The maximum absolute atomic E-state index is 12.0. The number of nitrogens with one attached hydrogen (secondary N) is 1. The fourth-order valence-electron chi connectivity index (χ4n) is 1.47. The number of unbranched alkanes of at least 4 members (excludes halogenated alkanes) is 1. The molecular weight excluding hydrogens is 304 g/mol. The van der Waals surface area contributed by atoms with Gasteiger partial charge in [-0.25, -0.2) is 13.1 Å². The Balaban J connectivity index is 2.65. The lowest BCUT2D eigenvalue weighted by atomic mass is 10.2. The second-order valence-electron chi connectivity index (χ2n) is 4.01. The first-order chi connectivity index (χ1) is 9.36. The number of nitriles is 1. The summed E-state index contributed by atoms with van der Waals surface area (Å²) < 4.78 is 26.2. The molecule has 0 saturated heterocycles. The van der Waals surface area contributed by atoms with Crippen LogP contribution in [0, 0.1) is 11.3 Å². The SMILES string of the molecule is N#Cc1ccc(S(=O)(=O)NCCCCC(=O)O)c(Cl)c1. The van der Waals surface area contributed by atoms with Crippen molar-refractivity contribution in [3.63, 3.8) is 0 Å². The number of hydrogen-bond donors (Lipinski definition) is 2. The van der Waals surface area contributed by atoms with Crippen LogP contribution in [-0.4, -0.2) is 26.0 Å². The molecule has 6 nitrogen and oxygen atoms in total. The molecule has 1 aromatic rings. The molecule has 0 heterocycles. The Bertz CT molecular complexity index is 637. The minimum atomic E-state index is -3.76. The predicted octanol–water partition coefficient (Wildman–Crippen LogP) is 1.74. The van der Waals surface area contributed by atoms with E-state index in [1.165, 1.54) is 18.2 Å². The molecule has 0 fully saturated rings. The Hall–Kier alpha value is -1.62. The molecular formula is C12H13ClN2O4S. The van der Waals surface area contributed by atoms with Crippen LogP contribution in [0.3, 0.4) is 0 Å². The van der Waals surface area contributed by atoms with E-state index in [-0.39, 0.29) is 28.4 Å². The molecule has 0 aliphatic rings. The summed E-state index contributed by atoms with van der Waals surface area (Å²) in [5, 5.41) is 17.1. The Labute approximate surface area is 122 Å². The molecule has 0 unspecified atom stereocenters. The van der Waals surface area contributed by atoms with Gasteiger partial charge in [-0.2, -0.15) is 5.26 Å². The number of carbonyl (C=O) groups is 1. The standard InChI is InChI=1S/C12H13ClN2O4S/c13-10-7-9(8-14)4-5-11(10)20(18,19)15-6-2-1-3-12(16)17/h4-5,7,15H,1-3,6H2,(H,16,17). The maximum atomic E-state index is 12.0. The summed E-state index contributed by atoms with van der Waals surface area (Å²) in [7, 11) is -3.76. The average Bonchev–Trinajstić information content (AvgIpc) is 2.37. The first-order valence-corrected chi connectivity index (χ1v) is 7.64. The van der Waals surface area contributed by atoms with Gasteiger partial charge in [0, 0.05) is 13.0 Å². The molecule has 0 spiro atoms. The second-order valence-corrected chi connectivity index (χ2v) is 6.15. The molecule has 0 bridgehead atoms. The van der Waals surface area contributed by atoms with Crippen molar-refractivity contribution in [2.24, 2.45) is 0 Å². The number of halogens is 1. The first kappa shape index (κ1) is 16.4. The van der Waals surface area contributed by atoms with Gasteiger partial charge in [-0.15, -0.1) is 0 Å². The Morgan fingerprint density at radius 2 is 2.10 bits per heavy atom. The highest BCUT2D eigenvalue weighted by atomic mass is 35.5. The zero-order valence-electron chi connectivity index (χ0n) is 10.5. The van der Waals surface area contributed by atoms with Gasteiger partial charge in [0.15, 0.2) is 0 Å². The molecule has 1 aromatic carbocycles. The van der Waals surface area contributed by atoms with Crippen molar-refractivity contribution < 1.29 is 18.3 Å². The number of aliphatic carboxylic acids is 1. The lowest BCUT2D eigenvalue weighted by molar-refractivity contribution is -0.137. The minimum Gasteiger partial charge on any atom is -0.481 e. The quantitative estimate of drug-likeness (QED) is 0.745. The maximum Gasteiger partial charge on any atom is 0.303 e. The fraction of sp³-hybridized carbons (Fsp3) is 0.333. The topological polar surface area (TPSA) is 107 Å². The van der Waals surface area contributed by atoms with Crippen LogP contribution < -0.4 is 4.72 Å². The molecule has 0 amide bonds. The lowest BCUT2D eigenvalue weighted by Gasteiger charge is -2.08.